The first-order valence-electron chi connectivity index (χ1n) is 7.43. The minimum Gasteiger partial charge on any atom is -0.478 e. The van der Waals surface area contributed by atoms with Gasteiger partial charge in [0.05, 0.1) is 27.8 Å². The van der Waals surface area contributed by atoms with E-state index in [2.05, 4.69) is 15.3 Å². The highest BCUT2D eigenvalue weighted by atomic mass is 35.5. The molecule has 0 bridgehead atoms. The Morgan fingerprint density at radius 3 is 2.88 bits per heavy atom. The second-order valence-electron chi connectivity index (χ2n) is 5.46. The van der Waals surface area contributed by atoms with Gasteiger partial charge in [0.2, 0.25) is 0 Å². The van der Waals surface area contributed by atoms with E-state index >= 15 is 0 Å². The number of carboxylic acid groups (broad SMARTS) is 1. The summed E-state index contributed by atoms with van der Waals surface area (Å²) in [4.78, 5) is 32.0. The molecule has 0 radical (unpaired) electrons. The summed E-state index contributed by atoms with van der Waals surface area (Å²) in [5.41, 5.74) is 2.80. The Morgan fingerprint density at radius 1 is 1.23 bits per heavy atom. The Labute approximate surface area is 155 Å². The standard InChI is InChI=1S/C17H10ClN3O4S/c18-9-1-8-2-10(25-15(8)11(3-9)17(23)24)4-20-16(22)12-5-19-6-13-14(12)21-7-26-13/h1-3,5-7H,4H2,(H,20,22)(H,23,24). The zero-order chi connectivity index (χ0) is 18.3. The summed E-state index contributed by atoms with van der Waals surface area (Å²) in [6.45, 7) is 0.0880. The van der Waals surface area contributed by atoms with E-state index in [-0.39, 0.29) is 23.6 Å². The van der Waals surface area contributed by atoms with Gasteiger partial charge in [-0.3, -0.25) is 9.78 Å². The van der Waals surface area contributed by atoms with Gasteiger partial charge in [-0.25, -0.2) is 9.78 Å². The predicted octanol–water partition coefficient (Wildman–Crippen LogP) is 3.72. The monoisotopic (exact) mass is 387 g/mol. The fourth-order valence-corrected chi connectivity index (χ4v) is 3.53. The summed E-state index contributed by atoms with van der Waals surface area (Å²) in [6, 6.07) is 4.58. The molecule has 0 fully saturated rings. The SMILES string of the molecule is O=C(NCc1cc2cc(Cl)cc(C(=O)O)c2o1)c1cncc2scnc12. The second kappa shape index (κ2) is 6.40. The number of carbonyl (C=O) groups is 2. The minimum atomic E-state index is -1.14. The third kappa shape index (κ3) is 2.89. The number of furan rings is 1. The van der Waals surface area contributed by atoms with Gasteiger partial charge in [0, 0.05) is 22.8 Å². The third-order valence-corrected chi connectivity index (χ3v) is 4.76. The number of pyridine rings is 1. The van der Waals surface area contributed by atoms with Gasteiger partial charge in [-0.05, 0) is 18.2 Å². The van der Waals surface area contributed by atoms with Crippen LogP contribution in [0.3, 0.4) is 0 Å². The fraction of sp³-hybridized carbons (Fsp3) is 0.0588. The molecule has 7 nitrogen and oxygen atoms in total. The Kier molecular flexibility index (Phi) is 4.06. The van der Waals surface area contributed by atoms with E-state index in [1.165, 1.54) is 23.6 Å². The smallest absolute Gasteiger partial charge is 0.339 e. The molecule has 0 aliphatic heterocycles. The average Bonchev–Trinajstić information content (AvgIpc) is 3.24. The summed E-state index contributed by atoms with van der Waals surface area (Å²) in [5, 5.41) is 12.9. The highest BCUT2D eigenvalue weighted by molar-refractivity contribution is 7.16. The lowest BCUT2D eigenvalue weighted by Crippen LogP contribution is -2.23. The van der Waals surface area contributed by atoms with Crippen LogP contribution >= 0.6 is 22.9 Å². The molecule has 0 aliphatic carbocycles. The maximum Gasteiger partial charge on any atom is 0.339 e. The number of carbonyl (C=O) groups excluding carboxylic acids is 1. The van der Waals surface area contributed by atoms with Crippen molar-refractivity contribution in [2.24, 2.45) is 0 Å². The normalized spacial score (nSPS) is 11.1. The summed E-state index contributed by atoms with van der Waals surface area (Å²) >= 11 is 7.34. The lowest BCUT2D eigenvalue weighted by Gasteiger charge is -2.03. The van der Waals surface area contributed by atoms with Gasteiger partial charge in [-0.15, -0.1) is 11.3 Å². The molecule has 9 heteroatoms. The van der Waals surface area contributed by atoms with E-state index < -0.39 is 5.97 Å². The number of aromatic nitrogens is 2. The molecule has 130 valence electrons. The van der Waals surface area contributed by atoms with E-state index in [4.69, 9.17) is 16.0 Å². The number of nitrogens with one attached hydrogen (secondary N) is 1. The maximum absolute atomic E-state index is 12.4. The van der Waals surface area contributed by atoms with Gasteiger partial charge >= 0.3 is 5.97 Å². The number of amides is 1. The lowest BCUT2D eigenvalue weighted by atomic mass is 10.1. The molecule has 3 aromatic heterocycles. The largest absolute Gasteiger partial charge is 0.478 e. The zero-order valence-corrected chi connectivity index (χ0v) is 14.6. The zero-order valence-electron chi connectivity index (χ0n) is 13.0. The van der Waals surface area contributed by atoms with Crippen LogP contribution in [0.1, 0.15) is 26.5 Å². The van der Waals surface area contributed by atoms with Gasteiger partial charge in [0.15, 0.2) is 0 Å². The maximum atomic E-state index is 12.4. The van der Waals surface area contributed by atoms with Crippen LogP contribution in [0.15, 0.2) is 40.5 Å². The highest BCUT2D eigenvalue weighted by Gasteiger charge is 2.17. The van der Waals surface area contributed by atoms with Crippen LogP contribution in [0.25, 0.3) is 21.2 Å². The van der Waals surface area contributed by atoms with Crippen molar-refractivity contribution in [3.05, 3.63) is 58.0 Å². The second-order valence-corrected chi connectivity index (χ2v) is 6.78. The molecule has 1 aromatic carbocycles. The molecule has 0 spiro atoms. The third-order valence-electron chi connectivity index (χ3n) is 3.78. The molecule has 2 N–H and O–H groups in total. The van der Waals surface area contributed by atoms with Gasteiger partial charge in [-0.2, -0.15) is 0 Å². The number of benzene rings is 1. The summed E-state index contributed by atoms with van der Waals surface area (Å²) in [7, 11) is 0. The molecular weight excluding hydrogens is 378 g/mol. The summed E-state index contributed by atoms with van der Waals surface area (Å²) in [6.07, 6.45) is 3.11. The molecule has 1 amide bonds. The van der Waals surface area contributed by atoms with Crippen molar-refractivity contribution in [2.75, 3.05) is 0 Å². The van der Waals surface area contributed by atoms with Crippen LogP contribution in [-0.4, -0.2) is 27.0 Å². The molecule has 4 rings (SSSR count). The molecule has 26 heavy (non-hydrogen) atoms. The number of carboxylic acids is 1. The molecule has 0 aliphatic rings. The quantitative estimate of drug-likeness (QED) is 0.553. The molecule has 0 atom stereocenters. The molecular formula is C17H10ClN3O4S. The summed E-state index contributed by atoms with van der Waals surface area (Å²) < 4.78 is 6.41. The fourth-order valence-electron chi connectivity index (χ4n) is 2.63. The lowest BCUT2D eigenvalue weighted by molar-refractivity contribution is 0.0697. The highest BCUT2D eigenvalue weighted by Crippen LogP contribution is 2.27. The number of halogens is 1. The first-order valence-corrected chi connectivity index (χ1v) is 8.69. The average molecular weight is 388 g/mol. The van der Waals surface area contributed by atoms with Gasteiger partial charge in [0.25, 0.3) is 5.91 Å². The van der Waals surface area contributed by atoms with Crippen molar-refractivity contribution in [2.45, 2.75) is 6.54 Å². The molecule has 4 aromatic rings. The van der Waals surface area contributed by atoms with Crippen molar-refractivity contribution >= 4 is 56.0 Å². The van der Waals surface area contributed by atoms with Crippen molar-refractivity contribution in [3.63, 3.8) is 0 Å². The van der Waals surface area contributed by atoms with Crippen LogP contribution in [0.2, 0.25) is 5.02 Å². The number of hydrogen-bond acceptors (Lipinski definition) is 6. The molecule has 3 heterocycles. The number of nitrogens with zero attached hydrogens (tertiary/aromatic N) is 2. The Hall–Kier alpha value is -2.97. The van der Waals surface area contributed by atoms with E-state index in [1.54, 1.807) is 23.8 Å². The minimum absolute atomic E-state index is 0.0264. The summed E-state index contributed by atoms with van der Waals surface area (Å²) in [5.74, 6) is -1.06. The van der Waals surface area contributed by atoms with Crippen molar-refractivity contribution in [3.8, 4) is 0 Å². The van der Waals surface area contributed by atoms with E-state index in [0.717, 1.165) is 4.70 Å². The Bertz CT molecular complexity index is 1170. The van der Waals surface area contributed by atoms with E-state index in [9.17, 15) is 14.7 Å². The number of rotatable bonds is 4. The first-order chi connectivity index (χ1) is 12.5. The number of thiazole rings is 1. The Balaban J connectivity index is 1.60. The number of aromatic carboxylic acids is 1. The van der Waals surface area contributed by atoms with Gasteiger partial charge in [-0.1, -0.05) is 11.6 Å². The van der Waals surface area contributed by atoms with Crippen LogP contribution in [0.4, 0.5) is 0 Å². The van der Waals surface area contributed by atoms with Gasteiger partial charge in [0.1, 0.15) is 16.9 Å². The predicted molar refractivity (Wildman–Crippen MR) is 96.8 cm³/mol. The van der Waals surface area contributed by atoms with Crippen LogP contribution in [-0.2, 0) is 6.54 Å². The van der Waals surface area contributed by atoms with Crippen LogP contribution < -0.4 is 5.32 Å². The molecule has 0 unspecified atom stereocenters. The van der Waals surface area contributed by atoms with Crippen molar-refractivity contribution < 1.29 is 19.1 Å². The number of fused-ring (bicyclic) bond motifs is 2. The van der Waals surface area contributed by atoms with Crippen molar-refractivity contribution in [1.82, 2.24) is 15.3 Å². The van der Waals surface area contributed by atoms with Gasteiger partial charge < -0.3 is 14.8 Å². The first kappa shape index (κ1) is 16.5. The van der Waals surface area contributed by atoms with E-state index in [0.29, 0.717) is 27.2 Å². The van der Waals surface area contributed by atoms with E-state index in [1.807, 2.05) is 0 Å². The van der Waals surface area contributed by atoms with Crippen LogP contribution in [0, 0.1) is 0 Å². The molecule has 0 saturated carbocycles. The number of hydrogen-bond donors (Lipinski definition) is 2. The molecule has 0 saturated heterocycles. The topological polar surface area (TPSA) is 105 Å². The van der Waals surface area contributed by atoms with Crippen LogP contribution in [0.5, 0.6) is 0 Å². The van der Waals surface area contributed by atoms with Crippen molar-refractivity contribution in [1.29, 1.82) is 0 Å². The Morgan fingerprint density at radius 2 is 2.08 bits per heavy atom.